The third-order valence-electron chi connectivity index (χ3n) is 4.27. The van der Waals surface area contributed by atoms with Gasteiger partial charge in [0.1, 0.15) is 0 Å². The van der Waals surface area contributed by atoms with E-state index in [4.69, 9.17) is 4.42 Å². The van der Waals surface area contributed by atoms with Gasteiger partial charge in [0, 0.05) is 48.1 Å². The Hall–Kier alpha value is -3.00. The zero-order valence-corrected chi connectivity index (χ0v) is 16.7. The summed E-state index contributed by atoms with van der Waals surface area (Å²) in [5.41, 5.74) is 2.13. The van der Waals surface area contributed by atoms with Crippen LogP contribution in [0.2, 0.25) is 0 Å². The molecular formula is C20H22N4O3S. The molecule has 28 heavy (non-hydrogen) atoms. The Kier molecular flexibility index (Phi) is 6.54. The van der Waals surface area contributed by atoms with E-state index in [2.05, 4.69) is 15.5 Å². The van der Waals surface area contributed by atoms with Crippen molar-refractivity contribution in [1.82, 2.24) is 15.1 Å². The molecule has 0 saturated heterocycles. The zero-order chi connectivity index (χ0) is 19.9. The monoisotopic (exact) mass is 398 g/mol. The van der Waals surface area contributed by atoms with E-state index in [1.54, 1.807) is 40.5 Å². The number of hydrogen-bond donors (Lipinski definition) is 1. The molecule has 0 saturated carbocycles. The Morgan fingerprint density at radius 3 is 2.50 bits per heavy atom. The molecule has 2 heterocycles. The lowest BCUT2D eigenvalue weighted by Gasteiger charge is -2.18. The van der Waals surface area contributed by atoms with Gasteiger partial charge in [0.2, 0.25) is 17.7 Å². The van der Waals surface area contributed by atoms with Crippen molar-refractivity contribution in [3.63, 3.8) is 0 Å². The van der Waals surface area contributed by atoms with E-state index in [-0.39, 0.29) is 18.2 Å². The molecule has 3 rings (SSSR count). The number of aromatic nitrogens is 2. The second-order valence-corrected chi connectivity index (χ2v) is 6.90. The molecule has 0 radical (unpaired) electrons. The van der Waals surface area contributed by atoms with Crippen LogP contribution in [0.5, 0.6) is 0 Å². The summed E-state index contributed by atoms with van der Waals surface area (Å²) in [7, 11) is 0. The first-order chi connectivity index (χ1) is 13.6. The molecule has 2 aromatic heterocycles. The summed E-state index contributed by atoms with van der Waals surface area (Å²) in [4.78, 5) is 26.2. The quantitative estimate of drug-likeness (QED) is 0.623. The largest absolute Gasteiger partial charge is 0.421 e. The number of thiophene rings is 1. The van der Waals surface area contributed by atoms with Crippen molar-refractivity contribution in [3.05, 3.63) is 52.5 Å². The third-order valence-corrected chi connectivity index (χ3v) is 4.95. The van der Waals surface area contributed by atoms with Gasteiger partial charge in [-0.3, -0.25) is 9.59 Å². The maximum Gasteiger partial charge on any atom is 0.253 e. The highest BCUT2D eigenvalue weighted by Gasteiger charge is 2.13. The maximum atomic E-state index is 12.3. The van der Waals surface area contributed by atoms with Gasteiger partial charge in [0.25, 0.3) is 5.91 Å². The van der Waals surface area contributed by atoms with Crippen LogP contribution in [0.3, 0.4) is 0 Å². The van der Waals surface area contributed by atoms with Crippen LogP contribution in [-0.2, 0) is 11.2 Å². The number of amides is 2. The summed E-state index contributed by atoms with van der Waals surface area (Å²) < 4.78 is 5.58. The molecule has 0 fully saturated rings. The van der Waals surface area contributed by atoms with Crippen molar-refractivity contribution in [3.8, 4) is 11.5 Å². The van der Waals surface area contributed by atoms with Crippen molar-refractivity contribution in [1.29, 1.82) is 0 Å². The number of nitrogens with zero attached hydrogens (tertiary/aromatic N) is 3. The molecule has 1 N–H and O–H groups in total. The van der Waals surface area contributed by atoms with Gasteiger partial charge in [-0.1, -0.05) is 0 Å². The van der Waals surface area contributed by atoms with Crippen molar-refractivity contribution in [2.75, 3.05) is 18.4 Å². The second kappa shape index (κ2) is 9.27. The number of anilines is 1. The van der Waals surface area contributed by atoms with Crippen LogP contribution in [-0.4, -0.2) is 40.0 Å². The number of hydrogen-bond acceptors (Lipinski definition) is 6. The lowest BCUT2D eigenvalue weighted by Crippen LogP contribution is -2.30. The minimum absolute atomic E-state index is 0.0132. The van der Waals surface area contributed by atoms with E-state index in [0.29, 0.717) is 42.5 Å². The van der Waals surface area contributed by atoms with E-state index >= 15 is 0 Å². The predicted molar refractivity (Wildman–Crippen MR) is 108 cm³/mol. The Labute approximate surface area is 167 Å². The van der Waals surface area contributed by atoms with Gasteiger partial charge in [-0.05, 0) is 49.6 Å². The summed E-state index contributed by atoms with van der Waals surface area (Å²) in [5, 5.41) is 14.7. The molecule has 0 bridgehead atoms. The van der Waals surface area contributed by atoms with Crippen molar-refractivity contribution >= 4 is 28.8 Å². The van der Waals surface area contributed by atoms with Gasteiger partial charge in [-0.25, -0.2) is 0 Å². The molecule has 0 atom stereocenters. The fourth-order valence-electron chi connectivity index (χ4n) is 2.69. The topological polar surface area (TPSA) is 88.3 Å². The van der Waals surface area contributed by atoms with Crippen LogP contribution < -0.4 is 5.32 Å². The van der Waals surface area contributed by atoms with Crippen LogP contribution in [0.1, 0.15) is 36.5 Å². The van der Waals surface area contributed by atoms with Crippen molar-refractivity contribution in [2.24, 2.45) is 0 Å². The first-order valence-electron chi connectivity index (χ1n) is 9.14. The lowest BCUT2D eigenvalue weighted by atomic mass is 10.1. The number of carbonyl (C=O) groups is 2. The molecule has 7 nitrogen and oxygen atoms in total. The van der Waals surface area contributed by atoms with E-state index in [1.807, 2.05) is 30.7 Å². The Balaban J connectivity index is 1.51. The van der Waals surface area contributed by atoms with Gasteiger partial charge in [-0.15, -0.1) is 10.2 Å². The van der Waals surface area contributed by atoms with Gasteiger partial charge < -0.3 is 14.6 Å². The molecule has 1 aromatic carbocycles. The fourth-order valence-corrected chi connectivity index (χ4v) is 3.32. The number of rotatable bonds is 8. The smallest absolute Gasteiger partial charge is 0.253 e. The van der Waals surface area contributed by atoms with Crippen LogP contribution in [0, 0.1) is 0 Å². The van der Waals surface area contributed by atoms with Gasteiger partial charge in [-0.2, -0.15) is 11.3 Å². The highest BCUT2D eigenvalue weighted by Crippen LogP contribution is 2.21. The van der Waals surface area contributed by atoms with Crippen molar-refractivity contribution in [2.45, 2.75) is 26.7 Å². The van der Waals surface area contributed by atoms with E-state index in [9.17, 15) is 9.59 Å². The molecule has 8 heteroatoms. The molecule has 2 amide bonds. The first kappa shape index (κ1) is 19.8. The first-order valence-corrected chi connectivity index (χ1v) is 10.1. The molecule has 146 valence electrons. The average molecular weight is 398 g/mol. The Bertz CT molecular complexity index is 915. The Morgan fingerprint density at radius 2 is 1.86 bits per heavy atom. The molecular weight excluding hydrogens is 376 g/mol. The summed E-state index contributed by atoms with van der Waals surface area (Å²) >= 11 is 1.55. The maximum absolute atomic E-state index is 12.3. The molecule has 0 aliphatic carbocycles. The Morgan fingerprint density at radius 1 is 1.11 bits per heavy atom. The highest BCUT2D eigenvalue weighted by molar-refractivity contribution is 7.08. The number of aryl methyl sites for hydroxylation is 1. The number of benzene rings is 1. The van der Waals surface area contributed by atoms with Gasteiger partial charge in [0.15, 0.2) is 0 Å². The molecule has 0 aliphatic heterocycles. The van der Waals surface area contributed by atoms with Crippen LogP contribution in [0.4, 0.5) is 5.69 Å². The normalized spacial score (nSPS) is 10.6. The standard InChI is InChI=1S/C20H22N4O3S/c1-3-24(4-2)20(26)14-5-7-16(8-6-14)21-17(25)9-10-18-22-23-19(27-18)15-11-12-28-13-15/h5-8,11-13H,3-4,9-10H2,1-2H3,(H,21,25). The number of carbonyl (C=O) groups excluding carboxylic acids is 2. The minimum Gasteiger partial charge on any atom is -0.421 e. The minimum atomic E-state index is -0.155. The van der Waals surface area contributed by atoms with Crippen molar-refractivity contribution < 1.29 is 14.0 Å². The van der Waals surface area contributed by atoms with E-state index < -0.39 is 0 Å². The van der Waals surface area contributed by atoms with Crippen LogP contribution >= 0.6 is 11.3 Å². The molecule has 3 aromatic rings. The number of nitrogens with one attached hydrogen (secondary N) is 1. The van der Waals surface area contributed by atoms with E-state index in [0.717, 1.165) is 5.56 Å². The molecule has 0 aliphatic rings. The van der Waals surface area contributed by atoms with Gasteiger partial charge >= 0.3 is 0 Å². The average Bonchev–Trinajstić information content (AvgIpc) is 3.39. The zero-order valence-electron chi connectivity index (χ0n) is 15.8. The highest BCUT2D eigenvalue weighted by atomic mass is 32.1. The van der Waals surface area contributed by atoms with Gasteiger partial charge in [0.05, 0.1) is 0 Å². The summed E-state index contributed by atoms with van der Waals surface area (Å²) in [6, 6.07) is 8.82. The van der Waals surface area contributed by atoms with Crippen LogP contribution in [0.25, 0.3) is 11.5 Å². The predicted octanol–water partition coefficient (Wildman–Crippen LogP) is 3.85. The summed E-state index contributed by atoms with van der Waals surface area (Å²) in [5.74, 6) is 0.723. The SMILES string of the molecule is CCN(CC)C(=O)c1ccc(NC(=O)CCc2nnc(-c3ccsc3)o2)cc1. The fraction of sp³-hybridized carbons (Fsp3) is 0.300. The third kappa shape index (κ3) is 4.83. The van der Waals surface area contributed by atoms with Crippen LogP contribution in [0.15, 0.2) is 45.5 Å². The second-order valence-electron chi connectivity index (χ2n) is 6.12. The molecule has 0 unspecified atom stereocenters. The lowest BCUT2D eigenvalue weighted by molar-refractivity contribution is -0.116. The summed E-state index contributed by atoms with van der Waals surface area (Å²) in [6.45, 7) is 5.22. The van der Waals surface area contributed by atoms with E-state index in [1.165, 1.54) is 0 Å². The molecule has 0 spiro atoms. The summed E-state index contributed by atoms with van der Waals surface area (Å²) in [6.07, 6.45) is 0.590.